The molecule has 8 heteroatoms. The molecule has 0 radical (unpaired) electrons. The summed E-state index contributed by atoms with van der Waals surface area (Å²) in [5.41, 5.74) is 5.40. The summed E-state index contributed by atoms with van der Waals surface area (Å²) in [4.78, 5) is 26.9. The highest BCUT2D eigenvalue weighted by Crippen LogP contribution is 2.08. The number of anilines is 1. The first-order valence-electron chi connectivity index (χ1n) is 4.62. The summed E-state index contributed by atoms with van der Waals surface area (Å²) in [7, 11) is 0. The molecule has 0 atom stereocenters. The Bertz CT molecular complexity index is 573. The lowest BCUT2D eigenvalue weighted by Crippen LogP contribution is -2.18. The molecule has 2 aromatic heterocycles. The molecule has 0 saturated carbocycles. The number of aromatic nitrogens is 4. The van der Waals surface area contributed by atoms with E-state index in [-0.39, 0.29) is 30.3 Å². The van der Waals surface area contributed by atoms with E-state index in [1.165, 1.54) is 4.73 Å². The quantitative estimate of drug-likeness (QED) is 0.580. The van der Waals surface area contributed by atoms with Crippen LogP contribution in [0.2, 0.25) is 0 Å². The Balaban J connectivity index is 2.64. The molecular formula is C8H11N5O3. The van der Waals surface area contributed by atoms with Gasteiger partial charge in [0.05, 0.1) is 6.61 Å². The Hall–Kier alpha value is -2.09. The Morgan fingerprint density at radius 3 is 3.00 bits per heavy atom. The normalized spacial score (nSPS) is 10.9. The number of aromatic amines is 1. The third kappa shape index (κ3) is 1.58. The Morgan fingerprint density at radius 1 is 1.56 bits per heavy atom. The molecule has 2 heterocycles. The standard InChI is InChI=1S/C8H11N5O3/c1-4-10-5-6(13(4)16-3-2-14)11-8(9)12-7(5)15/h14H,2-3H2,1H3,(H3,9,11,12,15). The molecule has 16 heavy (non-hydrogen) atoms. The zero-order chi connectivity index (χ0) is 11.7. The van der Waals surface area contributed by atoms with Crippen molar-refractivity contribution >= 4 is 17.1 Å². The van der Waals surface area contributed by atoms with Gasteiger partial charge in [-0.25, -0.2) is 4.98 Å². The summed E-state index contributed by atoms with van der Waals surface area (Å²) in [6.07, 6.45) is 0. The maximum absolute atomic E-state index is 11.5. The van der Waals surface area contributed by atoms with Crippen LogP contribution in [0.3, 0.4) is 0 Å². The molecule has 0 aliphatic rings. The second kappa shape index (κ2) is 3.81. The average molecular weight is 225 g/mol. The first-order chi connectivity index (χ1) is 7.63. The van der Waals surface area contributed by atoms with Crippen molar-refractivity contribution in [2.24, 2.45) is 0 Å². The van der Waals surface area contributed by atoms with Crippen molar-refractivity contribution in [3.63, 3.8) is 0 Å². The number of nitrogens with one attached hydrogen (secondary N) is 1. The Morgan fingerprint density at radius 2 is 2.31 bits per heavy atom. The summed E-state index contributed by atoms with van der Waals surface area (Å²) in [6.45, 7) is 1.60. The topological polar surface area (TPSA) is 119 Å². The SMILES string of the molecule is Cc1nc2c(=O)[nH]c(N)nc2n1OCCO. The fourth-order valence-electron chi connectivity index (χ4n) is 1.36. The molecule has 0 aliphatic heterocycles. The van der Waals surface area contributed by atoms with Gasteiger partial charge in [0, 0.05) is 0 Å². The maximum Gasteiger partial charge on any atom is 0.280 e. The number of aliphatic hydroxyl groups is 1. The van der Waals surface area contributed by atoms with Crippen LogP contribution in [0.15, 0.2) is 4.79 Å². The lowest BCUT2D eigenvalue weighted by Gasteiger charge is -2.06. The van der Waals surface area contributed by atoms with Crippen LogP contribution in [-0.4, -0.2) is 38.0 Å². The number of rotatable bonds is 3. The molecule has 4 N–H and O–H groups in total. The van der Waals surface area contributed by atoms with Crippen molar-refractivity contribution in [3.8, 4) is 0 Å². The smallest absolute Gasteiger partial charge is 0.280 e. The fraction of sp³-hybridized carbons (Fsp3) is 0.375. The predicted octanol–water partition coefficient (Wildman–Crippen LogP) is -1.57. The van der Waals surface area contributed by atoms with Crippen LogP contribution in [0.25, 0.3) is 11.2 Å². The van der Waals surface area contributed by atoms with E-state index >= 15 is 0 Å². The number of fused-ring (bicyclic) bond motifs is 1. The molecule has 0 fully saturated rings. The van der Waals surface area contributed by atoms with Crippen LogP contribution in [0.4, 0.5) is 5.95 Å². The van der Waals surface area contributed by atoms with E-state index in [1.807, 2.05) is 0 Å². The van der Waals surface area contributed by atoms with Crippen molar-refractivity contribution in [2.75, 3.05) is 18.9 Å². The van der Waals surface area contributed by atoms with Crippen LogP contribution in [0, 0.1) is 6.92 Å². The minimum Gasteiger partial charge on any atom is -0.408 e. The zero-order valence-electron chi connectivity index (χ0n) is 8.60. The van der Waals surface area contributed by atoms with Gasteiger partial charge < -0.3 is 15.7 Å². The van der Waals surface area contributed by atoms with E-state index in [9.17, 15) is 4.79 Å². The molecule has 0 aromatic carbocycles. The van der Waals surface area contributed by atoms with E-state index in [0.29, 0.717) is 5.82 Å². The van der Waals surface area contributed by atoms with E-state index in [1.54, 1.807) is 6.92 Å². The first-order valence-corrected chi connectivity index (χ1v) is 4.62. The van der Waals surface area contributed by atoms with Crippen LogP contribution in [0.1, 0.15) is 5.82 Å². The average Bonchev–Trinajstić information content (AvgIpc) is 2.53. The van der Waals surface area contributed by atoms with E-state index < -0.39 is 5.56 Å². The highest BCUT2D eigenvalue weighted by atomic mass is 16.7. The molecular weight excluding hydrogens is 214 g/mol. The monoisotopic (exact) mass is 225 g/mol. The lowest BCUT2D eigenvalue weighted by molar-refractivity contribution is 0.0778. The van der Waals surface area contributed by atoms with E-state index in [4.69, 9.17) is 15.7 Å². The molecule has 0 aliphatic carbocycles. The van der Waals surface area contributed by atoms with Crippen LogP contribution < -0.4 is 16.1 Å². The summed E-state index contributed by atoms with van der Waals surface area (Å²) in [6, 6.07) is 0. The number of nitrogen functional groups attached to an aromatic ring is 1. The first kappa shape index (κ1) is 10.4. The number of nitrogens with two attached hydrogens (primary N) is 1. The largest absolute Gasteiger partial charge is 0.408 e. The van der Waals surface area contributed by atoms with Gasteiger partial charge in [-0.15, -0.1) is 4.73 Å². The molecule has 0 unspecified atom stereocenters. The maximum atomic E-state index is 11.5. The summed E-state index contributed by atoms with van der Waals surface area (Å²) < 4.78 is 1.27. The summed E-state index contributed by atoms with van der Waals surface area (Å²) in [5, 5.41) is 8.67. The van der Waals surface area contributed by atoms with Gasteiger partial charge in [-0.2, -0.15) is 4.98 Å². The van der Waals surface area contributed by atoms with Gasteiger partial charge in [0.1, 0.15) is 12.4 Å². The summed E-state index contributed by atoms with van der Waals surface area (Å²) >= 11 is 0. The molecule has 2 rings (SSSR count). The van der Waals surface area contributed by atoms with Crippen LogP contribution in [0.5, 0.6) is 0 Å². The van der Waals surface area contributed by atoms with Gasteiger partial charge in [-0.05, 0) is 6.92 Å². The van der Waals surface area contributed by atoms with Gasteiger partial charge in [0.25, 0.3) is 5.56 Å². The van der Waals surface area contributed by atoms with Crippen molar-refractivity contribution in [1.29, 1.82) is 0 Å². The number of aryl methyl sites for hydroxylation is 1. The van der Waals surface area contributed by atoms with E-state index in [2.05, 4.69) is 15.0 Å². The highest BCUT2D eigenvalue weighted by Gasteiger charge is 2.13. The second-order valence-corrected chi connectivity index (χ2v) is 3.13. The minimum absolute atomic E-state index is 0.00810. The van der Waals surface area contributed by atoms with Crippen molar-refractivity contribution < 1.29 is 9.94 Å². The summed E-state index contributed by atoms with van der Waals surface area (Å²) in [5.74, 6) is 0.457. The molecule has 8 nitrogen and oxygen atoms in total. The molecule has 2 aromatic rings. The molecule has 0 bridgehead atoms. The third-order valence-corrected chi connectivity index (χ3v) is 1.97. The number of imidazole rings is 1. The molecule has 0 amide bonds. The third-order valence-electron chi connectivity index (χ3n) is 1.97. The number of hydrogen-bond donors (Lipinski definition) is 3. The predicted molar refractivity (Wildman–Crippen MR) is 55.8 cm³/mol. The Kier molecular flexibility index (Phi) is 2.49. The van der Waals surface area contributed by atoms with Gasteiger partial charge in [-0.1, -0.05) is 0 Å². The lowest BCUT2D eigenvalue weighted by atomic mass is 10.5. The van der Waals surface area contributed by atoms with Gasteiger partial charge in [0.2, 0.25) is 11.6 Å². The number of H-pyrrole nitrogens is 1. The van der Waals surface area contributed by atoms with Crippen LogP contribution >= 0.6 is 0 Å². The van der Waals surface area contributed by atoms with Crippen LogP contribution in [-0.2, 0) is 0 Å². The van der Waals surface area contributed by atoms with Crippen molar-refractivity contribution in [2.45, 2.75) is 6.92 Å². The van der Waals surface area contributed by atoms with Crippen molar-refractivity contribution in [3.05, 3.63) is 16.2 Å². The van der Waals surface area contributed by atoms with E-state index in [0.717, 1.165) is 0 Å². The van der Waals surface area contributed by atoms with Gasteiger partial charge in [-0.3, -0.25) is 9.78 Å². The molecule has 0 spiro atoms. The second-order valence-electron chi connectivity index (χ2n) is 3.13. The highest BCUT2D eigenvalue weighted by molar-refractivity contribution is 5.70. The van der Waals surface area contributed by atoms with Crippen molar-refractivity contribution in [1.82, 2.24) is 19.7 Å². The number of aliphatic hydroxyl groups excluding tert-OH is 1. The van der Waals surface area contributed by atoms with Gasteiger partial charge >= 0.3 is 0 Å². The van der Waals surface area contributed by atoms with Gasteiger partial charge in [0.15, 0.2) is 5.52 Å². The fourth-order valence-corrected chi connectivity index (χ4v) is 1.36. The number of hydrogen-bond acceptors (Lipinski definition) is 6. The molecule has 0 saturated heterocycles. The number of nitrogens with zero attached hydrogens (tertiary/aromatic N) is 3. The zero-order valence-corrected chi connectivity index (χ0v) is 8.60. The Labute approximate surface area is 89.6 Å². The minimum atomic E-state index is -0.419. The molecule has 86 valence electrons.